The maximum Gasteiger partial charge on any atom is 0.285 e. The maximum atomic E-state index is 12.0. The lowest BCUT2D eigenvalue weighted by atomic mass is 10.1. The van der Waals surface area contributed by atoms with Gasteiger partial charge in [0.05, 0.1) is 6.54 Å². The second-order valence-electron chi connectivity index (χ2n) is 7.36. The Hall–Kier alpha value is -1.90. The fourth-order valence-corrected chi connectivity index (χ4v) is 5.97. The van der Waals surface area contributed by atoms with E-state index in [2.05, 4.69) is 26.7 Å². The summed E-state index contributed by atoms with van der Waals surface area (Å²) in [7, 11) is -3.55. The number of hydrogen-bond acceptors (Lipinski definition) is 6. The van der Waals surface area contributed by atoms with Crippen molar-refractivity contribution in [3.05, 3.63) is 46.2 Å². The third-order valence-corrected chi connectivity index (χ3v) is 7.23. The molecule has 8 heteroatoms. The number of amidine groups is 1. The molecule has 0 bridgehead atoms. The quantitative estimate of drug-likeness (QED) is 0.778. The highest BCUT2D eigenvalue weighted by atomic mass is 32.2. The van der Waals surface area contributed by atoms with Crippen LogP contribution in [-0.4, -0.2) is 44.9 Å². The minimum Gasteiger partial charge on any atom is -0.489 e. The van der Waals surface area contributed by atoms with Gasteiger partial charge in [-0.2, -0.15) is 19.8 Å². The van der Waals surface area contributed by atoms with Crippen LogP contribution < -0.4 is 10.1 Å². The Morgan fingerprint density at radius 1 is 1.25 bits per heavy atom. The van der Waals surface area contributed by atoms with E-state index in [1.807, 2.05) is 19.1 Å². The Morgan fingerprint density at radius 3 is 2.89 bits per heavy atom. The molecule has 1 fully saturated rings. The standard InChI is InChI=1S/C20H25N3O3S2/c1-15(11-21-20-18-13-27-14-19(18)28(24,25)22-20)26-17-7-5-6-16(10-17)12-23-8-3-2-4-9-23/h5-7,10,13-15H,2-4,8-9,11-12H2,1H3,(H,21,22). The zero-order valence-corrected chi connectivity index (χ0v) is 17.6. The summed E-state index contributed by atoms with van der Waals surface area (Å²) >= 11 is 1.37. The first kappa shape index (κ1) is 19.4. The van der Waals surface area contributed by atoms with Crippen molar-refractivity contribution >= 4 is 27.2 Å². The monoisotopic (exact) mass is 419 g/mol. The van der Waals surface area contributed by atoms with Gasteiger partial charge in [0, 0.05) is 22.9 Å². The van der Waals surface area contributed by atoms with Crippen molar-refractivity contribution in [2.75, 3.05) is 19.6 Å². The molecule has 2 aromatic rings. The van der Waals surface area contributed by atoms with Crippen LogP contribution in [-0.2, 0) is 16.6 Å². The van der Waals surface area contributed by atoms with Crippen molar-refractivity contribution in [2.24, 2.45) is 4.40 Å². The fourth-order valence-electron chi connectivity index (χ4n) is 3.61. The SMILES string of the molecule is CC(CNC1=NS(=O)(=O)c2cscc21)Oc1cccc(CN2CCCCC2)c1. The number of fused-ring (bicyclic) bond motifs is 1. The first-order valence-electron chi connectivity index (χ1n) is 9.64. The molecule has 2 aliphatic rings. The highest BCUT2D eigenvalue weighted by Crippen LogP contribution is 2.28. The van der Waals surface area contributed by atoms with Crippen molar-refractivity contribution in [1.29, 1.82) is 0 Å². The summed E-state index contributed by atoms with van der Waals surface area (Å²) < 4.78 is 33.9. The number of rotatable bonds is 6. The normalized spacial score (nSPS) is 19.7. The first-order valence-corrected chi connectivity index (χ1v) is 12.0. The van der Waals surface area contributed by atoms with Crippen LogP contribution in [0.5, 0.6) is 5.75 Å². The van der Waals surface area contributed by atoms with E-state index in [1.165, 1.54) is 49.3 Å². The highest BCUT2D eigenvalue weighted by Gasteiger charge is 2.29. The Kier molecular flexibility index (Phi) is 5.70. The van der Waals surface area contributed by atoms with Gasteiger partial charge in [-0.3, -0.25) is 4.90 Å². The van der Waals surface area contributed by atoms with Gasteiger partial charge in [0.15, 0.2) is 0 Å². The molecule has 0 aliphatic carbocycles. The molecule has 0 amide bonds. The Morgan fingerprint density at radius 2 is 2.07 bits per heavy atom. The van der Waals surface area contributed by atoms with Gasteiger partial charge in [0.25, 0.3) is 10.0 Å². The zero-order chi connectivity index (χ0) is 19.6. The number of hydrogen-bond donors (Lipinski definition) is 1. The van der Waals surface area contributed by atoms with Gasteiger partial charge in [0.2, 0.25) is 0 Å². The van der Waals surface area contributed by atoms with Crippen molar-refractivity contribution in [2.45, 2.75) is 43.7 Å². The molecule has 1 unspecified atom stereocenters. The molecular weight excluding hydrogens is 394 g/mol. The number of ether oxygens (including phenoxy) is 1. The minimum absolute atomic E-state index is 0.127. The number of benzene rings is 1. The fraction of sp³-hybridized carbons (Fsp3) is 0.450. The van der Waals surface area contributed by atoms with E-state index in [4.69, 9.17) is 4.74 Å². The number of sulfonamides is 1. The van der Waals surface area contributed by atoms with Crippen molar-refractivity contribution in [1.82, 2.24) is 10.2 Å². The number of likely N-dealkylation sites (tertiary alicyclic amines) is 1. The molecule has 28 heavy (non-hydrogen) atoms. The Balaban J connectivity index is 1.33. The summed E-state index contributed by atoms with van der Waals surface area (Å²) in [4.78, 5) is 2.78. The third kappa shape index (κ3) is 4.39. The van der Waals surface area contributed by atoms with E-state index in [9.17, 15) is 8.42 Å². The molecule has 1 N–H and O–H groups in total. The Labute approximate surface area is 170 Å². The molecule has 2 aliphatic heterocycles. The molecule has 150 valence electrons. The van der Waals surface area contributed by atoms with Crippen molar-refractivity contribution in [3.8, 4) is 5.75 Å². The lowest BCUT2D eigenvalue weighted by Crippen LogP contribution is -2.33. The summed E-state index contributed by atoms with van der Waals surface area (Å²) in [6.45, 7) is 5.73. The summed E-state index contributed by atoms with van der Waals surface area (Å²) in [5, 5.41) is 6.55. The molecular formula is C20H25N3O3S2. The van der Waals surface area contributed by atoms with Crippen LogP contribution in [0.4, 0.5) is 0 Å². The van der Waals surface area contributed by atoms with E-state index < -0.39 is 10.0 Å². The van der Waals surface area contributed by atoms with E-state index in [-0.39, 0.29) is 6.10 Å². The second-order valence-corrected chi connectivity index (χ2v) is 9.67. The third-order valence-electron chi connectivity index (χ3n) is 5.02. The average molecular weight is 420 g/mol. The van der Waals surface area contributed by atoms with Gasteiger partial charge in [0.1, 0.15) is 22.6 Å². The van der Waals surface area contributed by atoms with Crippen molar-refractivity contribution in [3.63, 3.8) is 0 Å². The van der Waals surface area contributed by atoms with E-state index in [0.717, 1.165) is 12.3 Å². The molecule has 3 heterocycles. The predicted molar refractivity (Wildman–Crippen MR) is 112 cm³/mol. The van der Waals surface area contributed by atoms with E-state index in [0.29, 0.717) is 22.8 Å². The van der Waals surface area contributed by atoms with Gasteiger partial charge in [-0.15, -0.1) is 4.40 Å². The topological polar surface area (TPSA) is 71.0 Å². The largest absolute Gasteiger partial charge is 0.489 e. The van der Waals surface area contributed by atoms with Gasteiger partial charge >= 0.3 is 0 Å². The number of thiophene rings is 1. The molecule has 0 radical (unpaired) electrons. The molecule has 4 rings (SSSR count). The van der Waals surface area contributed by atoms with Crippen LogP contribution in [0.25, 0.3) is 0 Å². The molecule has 0 spiro atoms. The van der Waals surface area contributed by atoms with Gasteiger partial charge < -0.3 is 10.1 Å². The predicted octanol–water partition coefficient (Wildman–Crippen LogP) is 3.24. The van der Waals surface area contributed by atoms with Gasteiger partial charge in [-0.25, -0.2) is 0 Å². The summed E-state index contributed by atoms with van der Waals surface area (Å²) in [6.07, 6.45) is 3.77. The van der Waals surface area contributed by atoms with Gasteiger partial charge in [-0.05, 0) is 50.6 Å². The van der Waals surface area contributed by atoms with Crippen LogP contribution in [0.2, 0.25) is 0 Å². The number of nitrogens with one attached hydrogen (secondary N) is 1. The summed E-state index contributed by atoms with van der Waals surface area (Å²) in [5.41, 5.74) is 1.91. The van der Waals surface area contributed by atoms with E-state index in [1.54, 1.807) is 10.8 Å². The molecule has 1 saturated heterocycles. The van der Waals surface area contributed by atoms with Gasteiger partial charge in [-0.1, -0.05) is 18.6 Å². The molecule has 1 aromatic heterocycles. The highest BCUT2D eigenvalue weighted by molar-refractivity contribution is 7.91. The number of piperidine rings is 1. The lowest BCUT2D eigenvalue weighted by Gasteiger charge is -2.26. The summed E-state index contributed by atoms with van der Waals surface area (Å²) in [6, 6.07) is 8.23. The van der Waals surface area contributed by atoms with Crippen molar-refractivity contribution < 1.29 is 13.2 Å². The van der Waals surface area contributed by atoms with Crippen LogP contribution in [0.3, 0.4) is 0 Å². The Bertz CT molecular complexity index is 963. The maximum absolute atomic E-state index is 12.0. The summed E-state index contributed by atoms with van der Waals surface area (Å²) in [5.74, 6) is 1.24. The van der Waals surface area contributed by atoms with Crippen LogP contribution >= 0.6 is 11.3 Å². The smallest absolute Gasteiger partial charge is 0.285 e. The lowest BCUT2D eigenvalue weighted by molar-refractivity contribution is 0.216. The first-order chi connectivity index (χ1) is 13.5. The van der Waals surface area contributed by atoms with Crippen LogP contribution in [0, 0.1) is 0 Å². The molecule has 1 atom stereocenters. The average Bonchev–Trinajstić information content (AvgIpc) is 3.25. The number of nitrogens with zero attached hydrogens (tertiary/aromatic N) is 2. The van der Waals surface area contributed by atoms with Crippen LogP contribution in [0.1, 0.15) is 37.3 Å². The molecule has 6 nitrogen and oxygen atoms in total. The second kappa shape index (κ2) is 8.23. The minimum atomic E-state index is -3.55. The molecule has 1 aromatic carbocycles. The zero-order valence-electron chi connectivity index (χ0n) is 15.9. The van der Waals surface area contributed by atoms with Crippen LogP contribution in [0.15, 0.2) is 44.3 Å². The molecule has 0 saturated carbocycles. The van der Waals surface area contributed by atoms with E-state index >= 15 is 0 Å².